The highest BCUT2D eigenvalue weighted by atomic mass is 32.1. The van der Waals surface area contributed by atoms with Crippen LogP contribution in [-0.4, -0.2) is 35.5 Å². The maximum Gasteiger partial charge on any atom is 0.305 e. The first-order chi connectivity index (χ1) is 11.6. The molecule has 0 radical (unpaired) electrons. The van der Waals surface area contributed by atoms with Crippen LogP contribution in [0.1, 0.15) is 44.9 Å². The number of ether oxygens (including phenoxy) is 1. The minimum absolute atomic E-state index is 0.0569. The Kier molecular flexibility index (Phi) is 5.56. The van der Waals surface area contributed by atoms with Gasteiger partial charge in [0.1, 0.15) is 5.75 Å². The Labute approximate surface area is 145 Å². The van der Waals surface area contributed by atoms with Crippen LogP contribution in [0.3, 0.4) is 0 Å². The van der Waals surface area contributed by atoms with Crippen molar-refractivity contribution in [1.29, 1.82) is 0 Å². The van der Waals surface area contributed by atoms with Gasteiger partial charge in [-0.1, -0.05) is 30.6 Å². The number of hydrogen-bond donors (Lipinski definition) is 1. The Bertz CT molecular complexity index is 746. The molecule has 6 heteroatoms. The van der Waals surface area contributed by atoms with E-state index in [1.54, 1.807) is 0 Å². The smallest absolute Gasteiger partial charge is 0.305 e. The third-order valence-corrected chi connectivity index (χ3v) is 5.56. The van der Waals surface area contributed by atoms with E-state index in [1.807, 2.05) is 30.1 Å². The average Bonchev–Trinajstić information content (AvgIpc) is 2.98. The minimum Gasteiger partial charge on any atom is -0.494 e. The molecule has 0 aliphatic heterocycles. The van der Waals surface area contributed by atoms with Crippen LogP contribution in [0.4, 0.5) is 0 Å². The Hall–Kier alpha value is -1.82. The molecule has 1 aliphatic carbocycles. The van der Waals surface area contributed by atoms with Gasteiger partial charge in [-0.2, -0.15) is 0 Å². The summed E-state index contributed by atoms with van der Waals surface area (Å²) < 4.78 is 6.61. The number of thiazole rings is 1. The molecule has 1 heterocycles. The lowest BCUT2D eigenvalue weighted by Gasteiger charge is -2.31. The summed E-state index contributed by atoms with van der Waals surface area (Å²) in [5.41, 5.74) is 0.835. The number of nitrogens with one attached hydrogen (secondary N) is 1. The number of fused-ring (bicyclic) bond motifs is 1. The molecule has 0 unspecified atom stereocenters. The molecule has 3 rings (SSSR count). The maximum atomic E-state index is 12.3. The number of benzene rings is 1. The molecule has 24 heavy (non-hydrogen) atoms. The Morgan fingerprint density at radius 3 is 2.92 bits per heavy atom. The van der Waals surface area contributed by atoms with Crippen LogP contribution in [0.5, 0.6) is 5.75 Å². The van der Waals surface area contributed by atoms with E-state index in [-0.39, 0.29) is 10.8 Å². The van der Waals surface area contributed by atoms with Gasteiger partial charge < -0.3 is 14.6 Å². The van der Waals surface area contributed by atoms with Gasteiger partial charge in [0.25, 0.3) is 0 Å². The maximum absolute atomic E-state index is 12.3. The first-order valence-electron chi connectivity index (χ1n) is 8.65. The summed E-state index contributed by atoms with van der Waals surface area (Å²) in [4.78, 5) is 28.2. The minimum atomic E-state index is -0.0569. The second kappa shape index (κ2) is 7.83. The predicted molar refractivity (Wildman–Crippen MR) is 96.8 cm³/mol. The number of hydrogen-bond acceptors (Lipinski definition) is 4. The van der Waals surface area contributed by atoms with E-state index in [0.29, 0.717) is 25.5 Å². The van der Waals surface area contributed by atoms with Gasteiger partial charge in [0.2, 0.25) is 5.91 Å². The molecule has 0 atom stereocenters. The normalized spacial score (nSPS) is 15.5. The number of aromatic amines is 1. The van der Waals surface area contributed by atoms with Crippen LogP contribution >= 0.6 is 11.3 Å². The van der Waals surface area contributed by atoms with Crippen molar-refractivity contribution in [1.82, 2.24) is 9.88 Å². The SMILES string of the molecule is CN(C(=O)CCCOc1ccc2[nH]c(=O)sc2c1)C1CCCCC1. The van der Waals surface area contributed by atoms with E-state index >= 15 is 0 Å². The first kappa shape index (κ1) is 17.0. The van der Waals surface area contributed by atoms with Gasteiger partial charge in [-0.3, -0.25) is 9.59 Å². The fourth-order valence-electron chi connectivity index (χ4n) is 3.28. The summed E-state index contributed by atoms with van der Waals surface area (Å²) >= 11 is 1.18. The van der Waals surface area contributed by atoms with E-state index in [4.69, 9.17) is 4.74 Å². The van der Waals surface area contributed by atoms with Crippen LogP contribution in [0.25, 0.3) is 10.2 Å². The Balaban J connectivity index is 1.43. The van der Waals surface area contributed by atoms with Crippen molar-refractivity contribution in [3.05, 3.63) is 27.9 Å². The summed E-state index contributed by atoms with van der Waals surface area (Å²) in [5, 5.41) is 0. The second-order valence-corrected chi connectivity index (χ2v) is 7.44. The van der Waals surface area contributed by atoms with Gasteiger partial charge in [0.15, 0.2) is 0 Å². The van der Waals surface area contributed by atoms with Crippen molar-refractivity contribution in [3.63, 3.8) is 0 Å². The molecule has 1 aromatic heterocycles. The van der Waals surface area contributed by atoms with Gasteiger partial charge in [-0.25, -0.2) is 0 Å². The number of H-pyrrole nitrogens is 1. The number of carbonyl (C=O) groups excluding carboxylic acids is 1. The molecule has 0 saturated heterocycles. The predicted octanol–water partition coefficient (Wildman–Crippen LogP) is 3.54. The number of amides is 1. The number of nitrogens with zero attached hydrogens (tertiary/aromatic N) is 1. The highest BCUT2D eigenvalue weighted by molar-refractivity contribution is 7.16. The Morgan fingerprint density at radius 2 is 2.12 bits per heavy atom. The molecule has 1 amide bonds. The van der Waals surface area contributed by atoms with E-state index in [2.05, 4.69) is 4.98 Å². The average molecular weight is 348 g/mol. The van der Waals surface area contributed by atoms with Crippen LogP contribution < -0.4 is 9.61 Å². The quantitative estimate of drug-likeness (QED) is 0.812. The first-order valence-corrected chi connectivity index (χ1v) is 9.46. The van der Waals surface area contributed by atoms with E-state index in [0.717, 1.165) is 28.8 Å². The molecule has 0 bridgehead atoms. The molecular weight excluding hydrogens is 324 g/mol. The highest BCUT2D eigenvalue weighted by Gasteiger charge is 2.21. The number of aromatic nitrogens is 1. The molecule has 0 spiro atoms. The lowest BCUT2D eigenvalue weighted by molar-refractivity contribution is -0.132. The monoisotopic (exact) mass is 348 g/mol. The summed E-state index contributed by atoms with van der Waals surface area (Å²) in [6, 6.07) is 5.99. The van der Waals surface area contributed by atoms with Crippen molar-refractivity contribution in [2.45, 2.75) is 51.0 Å². The lowest BCUT2D eigenvalue weighted by Crippen LogP contribution is -2.38. The number of rotatable bonds is 6. The molecule has 2 aromatic rings. The molecule has 1 N–H and O–H groups in total. The van der Waals surface area contributed by atoms with Crippen molar-refractivity contribution in [3.8, 4) is 5.75 Å². The van der Waals surface area contributed by atoms with Gasteiger partial charge in [0, 0.05) is 19.5 Å². The molecule has 1 fully saturated rings. The summed E-state index contributed by atoms with van der Waals surface area (Å²) in [6.45, 7) is 0.509. The van der Waals surface area contributed by atoms with E-state index in [9.17, 15) is 9.59 Å². The van der Waals surface area contributed by atoms with Crippen molar-refractivity contribution >= 4 is 27.5 Å². The fraction of sp³-hybridized carbons (Fsp3) is 0.556. The van der Waals surface area contributed by atoms with Crippen LogP contribution in [0.2, 0.25) is 0 Å². The molecule has 1 aliphatic rings. The van der Waals surface area contributed by atoms with Crippen LogP contribution in [-0.2, 0) is 4.79 Å². The zero-order valence-corrected chi connectivity index (χ0v) is 14.9. The fourth-order valence-corrected chi connectivity index (χ4v) is 4.04. The molecule has 5 nitrogen and oxygen atoms in total. The zero-order valence-electron chi connectivity index (χ0n) is 14.0. The van der Waals surface area contributed by atoms with Crippen molar-refractivity contribution in [2.75, 3.05) is 13.7 Å². The second-order valence-electron chi connectivity index (χ2n) is 6.42. The molecule has 1 aromatic carbocycles. The van der Waals surface area contributed by atoms with E-state index in [1.165, 1.54) is 30.6 Å². The third-order valence-electron chi connectivity index (χ3n) is 4.71. The van der Waals surface area contributed by atoms with Gasteiger partial charge in [0.05, 0.1) is 16.8 Å². The third kappa shape index (κ3) is 4.17. The van der Waals surface area contributed by atoms with Crippen LogP contribution in [0.15, 0.2) is 23.0 Å². The largest absolute Gasteiger partial charge is 0.494 e. The van der Waals surface area contributed by atoms with Crippen molar-refractivity contribution < 1.29 is 9.53 Å². The molecule has 1 saturated carbocycles. The summed E-state index contributed by atoms with van der Waals surface area (Å²) in [7, 11) is 1.93. The summed E-state index contributed by atoms with van der Waals surface area (Å²) in [5.74, 6) is 0.954. The lowest BCUT2D eigenvalue weighted by atomic mass is 9.94. The van der Waals surface area contributed by atoms with Gasteiger partial charge in [-0.05, 0) is 37.5 Å². The standard InChI is InChI=1S/C18H24N2O3S/c1-20(13-6-3-2-4-7-13)17(21)8-5-11-23-14-9-10-15-16(12-14)24-18(22)19-15/h9-10,12-13H,2-8,11H2,1H3,(H,19,22). The zero-order chi connectivity index (χ0) is 16.9. The number of carbonyl (C=O) groups is 1. The van der Waals surface area contributed by atoms with E-state index < -0.39 is 0 Å². The van der Waals surface area contributed by atoms with Crippen molar-refractivity contribution in [2.24, 2.45) is 0 Å². The van der Waals surface area contributed by atoms with Gasteiger partial charge in [-0.15, -0.1) is 0 Å². The topological polar surface area (TPSA) is 62.4 Å². The van der Waals surface area contributed by atoms with Gasteiger partial charge >= 0.3 is 4.87 Å². The molecule has 130 valence electrons. The summed E-state index contributed by atoms with van der Waals surface area (Å²) in [6.07, 6.45) is 7.27. The highest BCUT2D eigenvalue weighted by Crippen LogP contribution is 2.23. The van der Waals surface area contributed by atoms with Crippen LogP contribution in [0, 0.1) is 0 Å². The Morgan fingerprint density at radius 1 is 1.33 bits per heavy atom. The molecular formula is C18H24N2O3S.